The van der Waals surface area contributed by atoms with Crippen molar-refractivity contribution >= 4 is 10.0 Å². The molecule has 0 spiro atoms. The van der Waals surface area contributed by atoms with E-state index in [0.29, 0.717) is 23.4 Å². The maximum Gasteiger partial charge on any atom is 0.243 e. The Hall–Kier alpha value is -1.69. The lowest BCUT2D eigenvalue weighted by Gasteiger charge is -2.32. The summed E-state index contributed by atoms with van der Waals surface area (Å²) >= 11 is 0. The van der Waals surface area contributed by atoms with Gasteiger partial charge in [0, 0.05) is 25.2 Å². The fourth-order valence-corrected chi connectivity index (χ4v) is 6.48. The van der Waals surface area contributed by atoms with Gasteiger partial charge in [-0.2, -0.15) is 4.31 Å². The van der Waals surface area contributed by atoms with E-state index in [1.807, 2.05) is 12.1 Å². The molecule has 0 saturated carbocycles. The third kappa shape index (κ3) is 3.08. The second-order valence-electron chi connectivity index (χ2n) is 7.36. The molecule has 0 radical (unpaired) electrons. The molecule has 2 fully saturated rings. The van der Waals surface area contributed by atoms with E-state index in [2.05, 4.69) is 36.1 Å². The summed E-state index contributed by atoms with van der Waals surface area (Å²) in [7, 11) is -3.43. The van der Waals surface area contributed by atoms with Gasteiger partial charge in [-0.3, -0.25) is 4.90 Å². The molecule has 2 heterocycles. The van der Waals surface area contributed by atoms with Crippen LogP contribution in [0.25, 0.3) is 0 Å². The number of benzene rings is 2. The smallest absolute Gasteiger partial charge is 0.243 e. The summed E-state index contributed by atoms with van der Waals surface area (Å²) < 4.78 is 28.2. The number of likely N-dealkylation sites (tertiary alicyclic amines) is 1. The van der Waals surface area contributed by atoms with Gasteiger partial charge in [0.25, 0.3) is 0 Å². The highest BCUT2D eigenvalue weighted by Gasteiger charge is 2.51. The first-order valence-corrected chi connectivity index (χ1v) is 10.9. The molecule has 4 rings (SSSR count). The quantitative estimate of drug-likeness (QED) is 0.810. The zero-order chi connectivity index (χ0) is 18.1. The van der Waals surface area contributed by atoms with Crippen molar-refractivity contribution < 1.29 is 8.42 Å². The maximum absolute atomic E-state index is 13.2. The average molecular weight is 371 g/mol. The van der Waals surface area contributed by atoms with Crippen LogP contribution in [0.2, 0.25) is 0 Å². The van der Waals surface area contributed by atoms with E-state index >= 15 is 0 Å². The lowest BCUT2D eigenvalue weighted by atomic mass is 9.98. The fraction of sp³-hybridized carbons (Fsp3) is 0.429. The van der Waals surface area contributed by atoms with Gasteiger partial charge < -0.3 is 0 Å². The molecular formula is C21H26N2O2S. The van der Waals surface area contributed by atoms with Crippen LogP contribution < -0.4 is 0 Å². The molecule has 2 saturated heterocycles. The first kappa shape index (κ1) is 17.7. The van der Waals surface area contributed by atoms with Gasteiger partial charge in [-0.25, -0.2) is 8.42 Å². The second-order valence-corrected chi connectivity index (χ2v) is 9.25. The highest BCUT2D eigenvalue weighted by Crippen LogP contribution is 2.40. The zero-order valence-electron chi connectivity index (χ0n) is 15.2. The van der Waals surface area contributed by atoms with Crippen molar-refractivity contribution in [1.29, 1.82) is 0 Å². The predicted molar refractivity (Wildman–Crippen MR) is 103 cm³/mol. The van der Waals surface area contributed by atoms with Crippen LogP contribution in [-0.2, 0) is 16.6 Å². The van der Waals surface area contributed by atoms with Crippen molar-refractivity contribution in [2.24, 2.45) is 5.92 Å². The van der Waals surface area contributed by atoms with E-state index in [4.69, 9.17) is 0 Å². The van der Waals surface area contributed by atoms with Gasteiger partial charge >= 0.3 is 0 Å². The molecule has 2 aromatic carbocycles. The zero-order valence-corrected chi connectivity index (χ0v) is 16.0. The van der Waals surface area contributed by atoms with Gasteiger partial charge in [-0.1, -0.05) is 55.5 Å². The molecule has 2 aliphatic heterocycles. The summed E-state index contributed by atoms with van der Waals surface area (Å²) in [6, 6.07) is 19.7. The SMILES string of the molecule is CCC1[C@@H]2[C@@H](CCN2Cc2ccccc2)CN1S(=O)(=O)c1ccccc1. The van der Waals surface area contributed by atoms with Crippen molar-refractivity contribution in [2.75, 3.05) is 13.1 Å². The van der Waals surface area contributed by atoms with E-state index in [1.165, 1.54) is 5.56 Å². The minimum atomic E-state index is -3.43. The molecule has 0 aromatic heterocycles. The molecular weight excluding hydrogens is 344 g/mol. The Kier molecular flexibility index (Phi) is 4.86. The van der Waals surface area contributed by atoms with E-state index < -0.39 is 10.0 Å². The Morgan fingerprint density at radius 3 is 2.31 bits per heavy atom. The van der Waals surface area contributed by atoms with Gasteiger partial charge in [-0.15, -0.1) is 0 Å². The minimum Gasteiger partial charge on any atom is -0.294 e. The van der Waals surface area contributed by atoms with Crippen LogP contribution in [0.3, 0.4) is 0 Å². The van der Waals surface area contributed by atoms with Crippen LogP contribution in [0.5, 0.6) is 0 Å². The summed E-state index contributed by atoms with van der Waals surface area (Å²) in [5.74, 6) is 0.433. The number of hydrogen-bond acceptors (Lipinski definition) is 3. The normalized spacial score (nSPS) is 26.9. The number of fused-ring (bicyclic) bond motifs is 1. The summed E-state index contributed by atoms with van der Waals surface area (Å²) in [5, 5.41) is 0. The van der Waals surface area contributed by atoms with Gasteiger partial charge in [0.2, 0.25) is 10.0 Å². The van der Waals surface area contributed by atoms with E-state index in [-0.39, 0.29) is 6.04 Å². The highest BCUT2D eigenvalue weighted by molar-refractivity contribution is 7.89. The van der Waals surface area contributed by atoms with Crippen molar-refractivity contribution in [3.05, 3.63) is 66.2 Å². The van der Waals surface area contributed by atoms with E-state index in [0.717, 1.165) is 25.9 Å². The number of nitrogens with zero attached hydrogens (tertiary/aromatic N) is 2. The molecule has 0 amide bonds. The summed E-state index contributed by atoms with van der Waals surface area (Å²) in [5.41, 5.74) is 1.30. The van der Waals surface area contributed by atoms with Crippen LogP contribution >= 0.6 is 0 Å². The largest absolute Gasteiger partial charge is 0.294 e. The fourth-order valence-electron chi connectivity index (χ4n) is 4.70. The molecule has 4 nitrogen and oxygen atoms in total. The topological polar surface area (TPSA) is 40.6 Å². The van der Waals surface area contributed by atoms with Crippen molar-refractivity contribution in [1.82, 2.24) is 9.21 Å². The third-order valence-electron chi connectivity index (χ3n) is 5.87. The maximum atomic E-state index is 13.2. The summed E-state index contributed by atoms with van der Waals surface area (Å²) in [6.45, 7) is 4.71. The number of rotatable bonds is 5. The third-order valence-corrected chi connectivity index (χ3v) is 7.77. The first-order chi connectivity index (χ1) is 12.6. The summed E-state index contributed by atoms with van der Waals surface area (Å²) in [4.78, 5) is 2.90. The predicted octanol–water partition coefficient (Wildman–Crippen LogP) is 3.36. The van der Waals surface area contributed by atoms with Crippen LogP contribution in [0.15, 0.2) is 65.6 Å². The Balaban J connectivity index is 1.59. The lowest BCUT2D eigenvalue weighted by molar-refractivity contribution is 0.187. The summed E-state index contributed by atoms with van der Waals surface area (Å²) in [6.07, 6.45) is 1.92. The van der Waals surface area contributed by atoms with Crippen LogP contribution in [-0.4, -0.2) is 42.8 Å². The monoisotopic (exact) mass is 370 g/mol. The first-order valence-electron chi connectivity index (χ1n) is 9.46. The lowest BCUT2D eigenvalue weighted by Crippen LogP contribution is -2.45. The number of hydrogen-bond donors (Lipinski definition) is 0. The molecule has 26 heavy (non-hydrogen) atoms. The molecule has 0 bridgehead atoms. The van der Waals surface area contributed by atoms with Gasteiger partial charge in [0.15, 0.2) is 0 Å². The molecule has 0 aliphatic carbocycles. The van der Waals surface area contributed by atoms with E-state index in [9.17, 15) is 8.42 Å². The van der Waals surface area contributed by atoms with Gasteiger partial charge in [-0.05, 0) is 43.0 Å². The molecule has 138 valence electrons. The molecule has 2 aliphatic rings. The molecule has 5 heteroatoms. The number of sulfonamides is 1. The second kappa shape index (κ2) is 7.14. The molecule has 2 aromatic rings. The Morgan fingerprint density at radius 1 is 1.00 bits per heavy atom. The minimum absolute atomic E-state index is 0.0522. The highest BCUT2D eigenvalue weighted by atomic mass is 32.2. The molecule has 1 unspecified atom stereocenters. The molecule has 0 N–H and O–H groups in total. The standard InChI is InChI=1S/C21H26N2O2S/c1-2-20-21-18(13-14-22(21)15-17-9-5-3-6-10-17)16-23(20)26(24,25)19-11-7-4-8-12-19/h3-12,18,20-21H,2,13-16H2,1H3/t18-,20?,21-/m0/s1. The van der Waals surface area contributed by atoms with Crippen molar-refractivity contribution in [3.63, 3.8) is 0 Å². The van der Waals surface area contributed by atoms with Gasteiger partial charge in [0.05, 0.1) is 4.90 Å². The van der Waals surface area contributed by atoms with Crippen LogP contribution in [0, 0.1) is 5.92 Å². The van der Waals surface area contributed by atoms with E-state index in [1.54, 1.807) is 28.6 Å². The average Bonchev–Trinajstić information content (AvgIpc) is 3.23. The van der Waals surface area contributed by atoms with Gasteiger partial charge in [0.1, 0.15) is 0 Å². The van der Waals surface area contributed by atoms with Crippen LogP contribution in [0.1, 0.15) is 25.3 Å². The van der Waals surface area contributed by atoms with Crippen molar-refractivity contribution in [2.45, 2.75) is 43.3 Å². The Morgan fingerprint density at radius 2 is 1.65 bits per heavy atom. The van der Waals surface area contributed by atoms with Crippen molar-refractivity contribution in [3.8, 4) is 0 Å². The Bertz CT molecular complexity index is 839. The molecule has 3 atom stereocenters. The Labute approximate surface area is 156 Å². The van der Waals surface area contributed by atoms with Crippen LogP contribution in [0.4, 0.5) is 0 Å².